The van der Waals surface area contributed by atoms with Crippen LogP contribution in [-0.4, -0.2) is 25.7 Å². The second kappa shape index (κ2) is 3.81. The third kappa shape index (κ3) is 1.61. The number of thioether (sulfide) groups is 1. The lowest BCUT2D eigenvalue weighted by Crippen LogP contribution is -2.11. The van der Waals surface area contributed by atoms with Crippen LogP contribution in [0.1, 0.15) is 24.6 Å². The molecule has 0 radical (unpaired) electrons. The van der Waals surface area contributed by atoms with Gasteiger partial charge in [0.2, 0.25) is 0 Å². The molecule has 3 rings (SSSR count). The average molecular weight is 220 g/mol. The number of hydrogen-bond donors (Lipinski definition) is 0. The molecule has 0 amide bonds. The molecule has 2 aromatic heterocycles. The molecule has 1 aliphatic heterocycles. The lowest BCUT2D eigenvalue weighted by atomic mass is 10.2. The summed E-state index contributed by atoms with van der Waals surface area (Å²) in [6, 6.07) is 1.99. The second-order valence-electron chi connectivity index (χ2n) is 3.72. The maximum atomic E-state index is 4.22. The summed E-state index contributed by atoms with van der Waals surface area (Å²) in [5, 5.41) is 8.82. The van der Waals surface area contributed by atoms with Crippen LogP contribution in [0.15, 0.2) is 18.5 Å². The van der Waals surface area contributed by atoms with E-state index in [9.17, 15) is 0 Å². The van der Waals surface area contributed by atoms with Crippen molar-refractivity contribution in [1.82, 2.24) is 20.0 Å². The number of nitrogens with zero attached hydrogens (tertiary/aromatic N) is 4. The van der Waals surface area contributed by atoms with Crippen molar-refractivity contribution in [2.24, 2.45) is 0 Å². The Morgan fingerprint density at radius 3 is 3.27 bits per heavy atom. The third-order valence-corrected chi connectivity index (χ3v) is 4.05. The van der Waals surface area contributed by atoms with Gasteiger partial charge in [-0.2, -0.15) is 0 Å². The van der Waals surface area contributed by atoms with E-state index in [-0.39, 0.29) is 0 Å². The molecule has 0 spiro atoms. The molecule has 4 nitrogen and oxygen atoms in total. The fourth-order valence-corrected chi connectivity index (χ4v) is 3.20. The van der Waals surface area contributed by atoms with E-state index in [1.807, 2.05) is 22.5 Å². The smallest absolute Gasteiger partial charge is 0.131 e. The molecular weight excluding hydrogens is 208 g/mol. The van der Waals surface area contributed by atoms with Crippen LogP contribution in [0.25, 0.3) is 11.0 Å². The number of fused-ring (bicyclic) bond motifs is 1. The molecule has 1 saturated heterocycles. The molecule has 3 heterocycles. The summed E-state index contributed by atoms with van der Waals surface area (Å²) in [5.74, 6) is 1.23. The molecule has 0 bridgehead atoms. The van der Waals surface area contributed by atoms with Gasteiger partial charge < -0.3 is 0 Å². The lowest BCUT2D eigenvalue weighted by molar-refractivity contribution is 0.523. The molecule has 0 N–H and O–H groups in total. The fraction of sp³-hybridized carbons (Fsp3) is 0.500. The minimum absolute atomic E-state index is 0.464. The van der Waals surface area contributed by atoms with Crippen molar-refractivity contribution in [1.29, 1.82) is 0 Å². The van der Waals surface area contributed by atoms with Crippen LogP contribution in [0.2, 0.25) is 0 Å². The number of aromatic nitrogens is 4. The molecular formula is C10H12N4S. The summed E-state index contributed by atoms with van der Waals surface area (Å²) in [6.45, 7) is 0. The SMILES string of the molecule is c1cc2c(cn1)nnn2C1CCCCS1. The van der Waals surface area contributed by atoms with Gasteiger partial charge in [0.15, 0.2) is 0 Å². The second-order valence-corrected chi connectivity index (χ2v) is 5.01. The molecule has 1 fully saturated rings. The van der Waals surface area contributed by atoms with Gasteiger partial charge in [-0.05, 0) is 31.1 Å². The zero-order valence-corrected chi connectivity index (χ0v) is 9.15. The minimum Gasteiger partial charge on any atom is -0.262 e. The first-order valence-electron chi connectivity index (χ1n) is 5.22. The van der Waals surface area contributed by atoms with Gasteiger partial charge in [0.05, 0.1) is 17.1 Å². The van der Waals surface area contributed by atoms with Crippen LogP contribution >= 0.6 is 11.8 Å². The normalized spacial score (nSPS) is 22.0. The summed E-state index contributed by atoms with van der Waals surface area (Å²) in [5.41, 5.74) is 1.99. The maximum Gasteiger partial charge on any atom is 0.131 e. The highest BCUT2D eigenvalue weighted by Gasteiger charge is 2.18. The van der Waals surface area contributed by atoms with Gasteiger partial charge in [-0.3, -0.25) is 4.98 Å². The standard InChI is InChI=1S/C10H12N4S/c1-2-6-15-10(3-1)14-9-4-5-11-7-8(9)12-13-14/h4-5,7,10H,1-3,6H2. The quantitative estimate of drug-likeness (QED) is 0.739. The van der Waals surface area contributed by atoms with E-state index in [4.69, 9.17) is 0 Å². The largest absolute Gasteiger partial charge is 0.262 e. The van der Waals surface area contributed by atoms with Crippen molar-refractivity contribution >= 4 is 22.8 Å². The first-order valence-corrected chi connectivity index (χ1v) is 6.26. The van der Waals surface area contributed by atoms with Gasteiger partial charge in [0.25, 0.3) is 0 Å². The lowest BCUT2D eigenvalue weighted by Gasteiger charge is -2.21. The van der Waals surface area contributed by atoms with E-state index in [0.29, 0.717) is 5.37 Å². The first-order chi connectivity index (χ1) is 7.45. The Labute approximate surface area is 92.1 Å². The van der Waals surface area contributed by atoms with E-state index in [2.05, 4.69) is 15.3 Å². The van der Waals surface area contributed by atoms with Crippen LogP contribution in [-0.2, 0) is 0 Å². The van der Waals surface area contributed by atoms with Gasteiger partial charge in [-0.1, -0.05) is 5.21 Å². The van der Waals surface area contributed by atoms with Gasteiger partial charge in [0, 0.05) is 6.20 Å². The highest BCUT2D eigenvalue weighted by molar-refractivity contribution is 7.99. The van der Waals surface area contributed by atoms with Crippen molar-refractivity contribution in [2.75, 3.05) is 5.75 Å². The van der Waals surface area contributed by atoms with Crippen LogP contribution in [0.4, 0.5) is 0 Å². The van der Waals surface area contributed by atoms with Gasteiger partial charge in [-0.15, -0.1) is 16.9 Å². The topological polar surface area (TPSA) is 43.6 Å². The highest BCUT2D eigenvalue weighted by atomic mass is 32.2. The fourth-order valence-electron chi connectivity index (χ4n) is 1.92. The molecule has 0 aromatic carbocycles. The molecule has 2 aromatic rings. The van der Waals surface area contributed by atoms with Crippen LogP contribution in [0.3, 0.4) is 0 Å². The molecule has 1 aliphatic rings. The Morgan fingerprint density at radius 2 is 2.40 bits per heavy atom. The van der Waals surface area contributed by atoms with Crippen molar-refractivity contribution in [2.45, 2.75) is 24.6 Å². The molecule has 0 aliphatic carbocycles. The molecule has 0 saturated carbocycles. The van der Waals surface area contributed by atoms with Crippen LogP contribution in [0, 0.1) is 0 Å². The van der Waals surface area contributed by atoms with E-state index in [0.717, 1.165) is 11.0 Å². The summed E-state index contributed by atoms with van der Waals surface area (Å²) in [6.07, 6.45) is 7.40. The number of rotatable bonds is 1. The number of pyridine rings is 1. The summed E-state index contributed by atoms with van der Waals surface area (Å²) in [7, 11) is 0. The predicted molar refractivity (Wildman–Crippen MR) is 60.7 cm³/mol. The van der Waals surface area contributed by atoms with Gasteiger partial charge in [0.1, 0.15) is 5.52 Å². The van der Waals surface area contributed by atoms with Crippen LogP contribution < -0.4 is 0 Å². The summed E-state index contributed by atoms with van der Waals surface area (Å²) < 4.78 is 2.04. The molecule has 1 atom stereocenters. The van der Waals surface area contributed by atoms with E-state index in [1.165, 1.54) is 25.0 Å². The summed E-state index contributed by atoms with van der Waals surface area (Å²) >= 11 is 1.98. The first kappa shape index (κ1) is 9.15. The predicted octanol–water partition coefficient (Wildman–Crippen LogP) is 2.24. The molecule has 78 valence electrons. The maximum absolute atomic E-state index is 4.22. The Hall–Kier alpha value is -1.10. The van der Waals surface area contributed by atoms with E-state index >= 15 is 0 Å². The Bertz CT molecular complexity index is 461. The van der Waals surface area contributed by atoms with Crippen molar-refractivity contribution in [3.63, 3.8) is 0 Å². The van der Waals surface area contributed by atoms with Crippen molar-refractivity contribution in [3.8, 4) is 0 Å². The Kier molecular flexibility index (Phi) is 2.32. The zero-order chi connectivity index (χ0) is 10.1. The summed E-state index contributed by atoms with van der Waals surface area (Å²) in [4.78, 5) is 4.05. The van der Waals surface area contributed by atoms with E-state index in [1.54, 1.807) is 12.4 Å². The van der Waals surface area contributed by atoms with Crippen LogP contribution in [0.5, 0.6) is 0 Å². The van der Waals surface area contributed by atoms with Crippen molar-refractivity contribution < 1.29 is 0 Å². The highest BCUT2D eigenvalue weighted by Crippen LogP contribution is 2.34. The minimum atomic E-state index is 0.464. The van der Waals surface area contributed by atoms with Gasteiger partial charge in [-0.25, -0.2) is 4.68 Å². The van der Waals surface area contributed by atoms with Crippen molar-refractivity contribution in [3.05, 3.63) is 18.5 Å². The molecule has 1 unspecified atom stereocenters. The Balaban J connectivity index is 2.02. The molecule has 5 heteroatoms. The number of hydrogen-bond acceptors (Lipinski definition) is 4. The van der Waals surface area contributed by atoms with E-state index < -0.39 is 0 Å². The zero-order valence-electron chi connectivity index (χ0n) is 8.33. The average Bonchev–Trinajstić information content (AvgIpc) is 2.74. The Morgan fingerprint density at radius 1 is 1.40 bits per heavy atom. The monoisotopic (exact) mass is 220 g/mol. The van der Waals surface area contributed by atoms with Gasteiger partial charge >= 0.3 is 0 Å². The molecule has 15 heavy (non-hydrogen) atoms. The third-order valence-electron chi connectivity index (χ3n) is 2.70.